The topological polar surface area (TPSA) is 162 Å². The zero-order chi connectivity index (χ0) is 56.8. The minimum Gasteiger partial charge on any atom is -0.478 e. The quantitative estimate of drug-likeness (QED) is 0.0787. The average Bonchev–Trinajstić information content (AvgIpc) is 3.49. The first-order chi connectivity index (χ1) is 38.3. The molecule has 5 aromatic heterocycles. The van der Waals surface area contributed by atoms with E-state index in [0.717, 1.165) is 22.3 Å². The number of anilines is 2. The Hall–Kier alpha value is -9.05. The van der Waals surface area contributed by atoms with Crippen LogP contribution in [-0.4, -0.2) is 48.2 Å². The summed E-state index contributed by atoms with van der Waals surface area (Å²) in [5.41, 5.74) is 8.23. The van der Waals surface area contributed by atoms with Crippen LogP contribution in [0.4, 0.5) is 20.2 Å². The second-order valence-electron chi connectivity index (χ2n) is 19.8. The molecule has 0 spiro atoms. The molecule has 0 radical (unpaired) electrons. The molecule has 2 N–H and O–H groups in total. The molecular weight excluding hydrogens is 1060 g/mol. The normalized spacial score (nSPS) is 12.1. The van der Waals surface area contributed by atoms with E-state index >= 15 is 4.39 Å². The van der Waals surface area contributed by atoms with Crippen molar-refractivity contribution in [3.05, 3.63) is 227 Å². The molecule has 402 valence electrons. The maximum atomic E-state index is 16.5. The van der Waals surface area contributed by atoms with E-state index in [-0.39, 0.29) is 56.2 Å². The lowest BCUT2D eigenvalue weighted by Gasteiger charge is -2.34. The predicted octanol–water partition coefficient (Wildman–Crippen LogP) is 13.9. The van der Waals surface area contributed by atoms with E-state index in [1.165, 1.54) is 31.4 Å². The summed E-state index contributed by atoms with van der Waals surface area (Å²) in [5, 5.41) is 16.5. The lowest BCUT2D eigenvalue weighted by molar-refractivity contribution is 0.0594. The Balaban J connectivity index is 1.01. The number of aromatic carboxylic acids is 1. The number of ether oxygens (including phenoxy) is 1. The van der Waals surface area contributed by atoms with Gasteiger partial charge in [0, 0.05) is 82.7 Å². The lowest BCUT2D eigenvalue weighted by Crippen LogP contribution is -2.29. The molecule has 17 heteroatoms. The van der Waals surface area contributed by atoms with Crippen LogP contribution < -0.4 is 21.3 Å². The average molecular weight is 1110 g/mol. The van der Waals surface area contributed by atoms with Crippen molar-refractivity contribution in [1.29, 1.82) is 0 Å². The fourth-order valence-corrected chi connectivity index (χ4v) is 10.7. The number of nitrogens with zero attached hydrogens (tertiary/aromatic N) is 6. The van der Waals surface area contributed by atoms with Gasteiger partial charge in [0.1, 0.15) is 16.8 Å². The molecule has 0 aliphatic carbocycles. The van der Waals surface area contributed by atoms with Crippen molar-refractivity contribution in [1.82, 2.24) is 24.1 Å². The van der Waals surface area contributed by atoms with Crippen molar-refractivity contribution < 1.29 is 28.2 Å². The van der Waals surface area contributed by atoms with E-state index in [9.17, 15) is 28.7 Å². The van der Waals surface area contributed by atoms with Crippen molar-refractivity contribution in [2.75, 3.05) is 17.3 Å². The van der Waals surface area contributed by atoms with Crippen LogP contribution in [0, 0.1) is 25.5 Å². The van der Waals surface area contributed by atoms with E-state index in [2.05, 4.69) is 15.3 Å². The molecular formula is C63H51Cl2F2N7O6. The monoisotopic (exact) mass is 1110 g/mol. The van der Waals surface area contributed by atoms with Crippen LogP contribution in [0.3, 0.4) is 0 Å². The van der Waals surface area contributed by atoms with E-state index in [1.54, 1.807) is 101 Å². The third kappa shape index (κ3) is 10.5. The van der Waals surface area contributed by atoms with Gasteiger partial charge in [0.25, 0.3) is 11.1 Å². The summed E-state index contributed by atoms with van der Waals surface area (Å²) >= 11 is 12.6. The SMILES string of the molecule is COC(=O)c1nc(Cl)ccc1N[C@H](C)c1cc(C)cc2c(=O)n(C)c(-c3ccc(-c4ccc(F)c(CN(c5ccc(Cl)cc5C(=O)O)[C@H](C)c5cc(C)cc6c(=O)n(C)c(-c7ccc(-c8ccc(F)cc8)nc7)cc56)c4)nc3)cc12. The second kappa shape index (κ2) is 22.0. The van der Waals surface area contributed by atoms with Crippen LogP contribution in [0.25, 0.3) is 66.6 Å². The lowest BCUT2D eigenvalue weighted by atomic mass is 9.94. The summed E-state index contributed by atoms with van der Waals surface area (Å²) < 4.78 is 38.3. The van der Waals surface area contributed by atoms with Gasteiger partial charge in [0.15, 0.2) is 5.69 Å². The highest BCUT2D eigenvalue weighted by Gasteiger charge is 2.27. The summed E-state index contributed by atoms with van der Waals surface area (Å²) in [4.78, 5) is 69.6. The third-order valence-corrected chi connectivity index (χ3v) is 14.9. The highest BCUT2D eigenvalue weighted by Crippen LogP contribution is 2.39. The highest BCUT2D eigenvalue weighted by molar-refractivity contribution is 6.31. The minimum absolute atomic E-state index is 0.0172. The number of fused-ring (bicyclic) bond motifs is 2. The number of hydrogen-bond acceptors (Lipinski definition) is 10. The maximum absolute atomic E-state index is 16.5. The number of benzene rings is 5. The van der Waals surface area contributed by atoms with Crippen molar-refractivity contribution >= 4 is 68.1 Å². The number of halogens is 4. The van der Waals surface area contributed by atoms with Crippen molar-refractivity contribution in [2.24, 2.45) is 14.1 Å². The molecule has 0 unspecified atom stereocenters. The molecule has 5 aromatic carbocycles. The Morgan fingerprint density at radius 1 is 0.675 bits per heavy atom. The number of pyridine rings is 5. The van der Waals surface area contributed by atoms with Gasteiger partial charge in [-0.2, -0.15) is 0 Å². The number of rotatable bonds is 14. The molecule has 0 aliphatic heterocycles. The fraction of sp³-hybridized carbons (Fsp3) is 0.159. The van der Waals surface area contributed by atoms with Gasteiger partial charge < -0.3 is 29.2 Å². The van der Waals surface area contributed by atoms with Crippen LogP contribution >= 0.6 is 23.2 Å². The van der Waals surface area contributed by atoms with Crippen LogP contribution in [0.15, 0.2) is 155 Å². The molecule has 10 aromatic rings. The van der Waals surface area contributed by atoms with Gasteiger partial charge in [-0.25, -0.2) is 23.4 Å². The number of carbonyl (C=O) groups excluding carboxylic acids is 1. The van der Waals surface area contributed by atoms with Crippen molar-refractivity contribution in [3.63, 3.8) is 0 Å². The predicted molar refractivity (Wildman–Crippen MR) is 311 cm³/mol. The summed E-state index contributed by atoms with van der Waals surface area (Å²) in [6, 6.07) is 36.0. The van der Waals surface area contributed by atoms with Crippen LogP contribution in [0.2, 0.25) is 10.2 Å². The molecule has 0 bridgehead atoms. The summed E-state index contributed by atoms with van der Waals surface area (Å²) in [6.07, 6.45) is 3.30. The van der Waals surface area contributed by atoms with Crippen molar-refractivity contribution in [2.45, 2.75) is 46.3 Å². The van der Waals surface area contributed by atoms with Gasteiger partial charge in [0.05, 0.1) is 52.9 Å². The van der Waals surface area contributed by atoms with E-state index in [1.807, 2.05) is 76.2 Å². The van der Waals surface area contributed by atoms with E-state index in [0.29, 0.717) is 72.3 Å². The number of methoxy groups -OCH3 is 1. The summed E-state index contributed by atoms with van der Waals surface area (Å²) in [6.45, 7) is 7.45. The zero-order valence-corrected chi connectivity index (χ0v) is 45.9. The molecule has 0 saturated heterocycles. The van der Waals surface area contributed by atoms with Crippen LogP contribution in [0.5, 0.6) is 0 Å². The Morgan fingerprint density at radius 2 is 1.24 bits per heavy atom. The number of carboxylic acid groups (broad SMARTS) is 1. The smallest absolute Gasteiger partial charge is 0.358 e. The number of nitrogens with one attached hydrogen (secondary N) is 1. The summed E-state index contributed by atoms with van der Waals surface area (Å²) in [7, 11) is 4.64. The zero-order valence-electron chi connectivity index (χ0n) is 44.4. The van der Waals surface area contributed by atoms with Crippen LogP contribution in [0.1, 0.15) is 74.6 Å². The molecule has 0 aliphatic rings. The first-order valence-electron chi connectivity index (χ1n) is 25.4. The molecule has 5 heterocycles. The third-order valence-electron chi connectivity index (χ3n) is 14.5. The van der Waals surface area contributed by atoms with Gasteiger partial charge >= 0.3 is 11.9 Å². The van der Waals surface area contributed by atoms with E-state index < -0.39 is 29.8 Å². The minimum atomic E-state index is -1.24. The fourth-order valence-electron chi connectivity index (χ4n) is 10.4. The molecule has 0 saturated carbocycles. The Bertz CT molecular complexity index is 4250. The first-order valence-corrected chi connectivity index (χ1v) is 26.1. The molecule has 0 amide bonds. The molecule has 2 atom stereocenters. The van der Waals surface area contributed by atoms with Gasteiger partial charge in [0.2, 0.25) is 0 Å². The Labute approximate surface area is 468 Å². The number of esters is 1. The Kier molecular flexibility index (Phi) is 14.9. The van der Waals surface area contributed by atoms with Crippen LogP contribution in [-0.2, 0) is 25.4 Å². The second-order valence-corrected chi connectivity index (χ2v) is 20.6. The number of carboxylic acids is 1. The number of aromatic nitrogens is 5. The largest absolute Gasteiger partial charge is 0.478 e. The van der Waals surface area contributed by atoms with Gasteiger partial charge in [-0.15, -0.1) is 0 Å². The summed E-state index contributed by atoms with van der Waals surface area (Å²) in [5.74, 6) is -2.82. The molecule has 13 nitrogen and oxygen atoms in total. The maximum Gasteiger partial charge on any atom is 0.358 e. The number of hydrogen-bond donors (Lipinski definition) is 2. The number of aryl methyl sites for hydroxylation is 2. The van der Waals surface area contributed by atoms with Gasteiger partial charge in [-0.3, -0.25) is 19.6 Å². The highest BCUT2D eigenvalue weighted by atomic mass is 35.5. The standard InChI is InChI=1S/C63H51Cl2F2N7O6/c1-33-22-44(35(3)70-54-19-21-58(65)71-59(54)63(79)80-7)46-28-56(72(5)60(75)48(46)24-33)40-12-18-53(69-31-40)38-10-16-51(67)41(26-38)32-74(55-20-13-42(64)27-50(55)62(77)78)36(4)45-23-34(2)25-49-47(45)29-57(73(6)61(49)76)39-11-17-52(68-30-39)37-8-14-43(66)15-9-37/h8-31,35-36,70H,32H2,1-7H3,(H,77,78)/t35-,36-/m1/s1. The number of carbonyl (C=O) groups is 2. The Morgan fingerprint density at radius 3 is 1.81 bits per heavy atom. The van der Waals surface area contributed by atoms with Gasteiger partial charge in [-0.05, 0) is 182 Å². The van der Waals surface area contributed by atoms with Gasteiger partial charge in [-0.1, -0.05) is 35.3 Å². The first kappa shape index (κ1) is 54.3. The van der Waals surface area contributed by atoms with E-state index in [4.69, 9.17) is 32.9 Å². The molecule has 0 fully saturated rings. The molecule has 10 rings (SSSR count). The van der Waals surface area contributed by atoms with Crippen molar-refractivity contribution in [3.8, 4) is 45.0 Å². The molecule has 80 heavy (non-hydrogen) atoms.